The fourth-order valence-electron chi connectivity index (χ4n) is 1.05. The standard InChI is InChI=1S/C8H4F5NO2/c9-6(10)3-1-4(8(11,12)13)5(2-15)14-7(3)16/h1-2,6H,(H,14,16). The van der Waals surface area contributed by atoms with Crippen LogP contribution in [-0.2, 0) is 6.18 Å². The summed E-state index contributed by atoms with van der Waals surface area (Å²) in [6.07, 6.45) is -8.57. The Hall–Kier alpha value is -1.73. The van der Waals surface area contributed by atoms with Crippen LogP contribution in [0, 0.1) is 0 Å². The lowest BCUT2D eigenvalue weighted by molar-refractivity contribution is -0.138. The summed E-state index contributed by atoms with van der Waals surface area (Å²) in [5.41, 5.74) is -5.39. The zero-order valence-corrected chi connectivity index (χ0v) is 7.44. The molecule has 16 heavy (non-hydrogen) atoms. The van der Waals surface area contributed by atoms with Crippen LogP contribution >= 0.6 is 0 Å². The second-order valence-corrected chi connectivity index (χ2v) is 2.80. The lowest BCUT2D eigenvalue weighted by Crippen LogP contribution is -2.21. The first kappa shape index (κ1) is 12.3. The fourth-order valence-corrected chi connectivity index (χ4v) is 1.05. The maximum atomic E-state index is 12.3. The van der Waals surface area contributed by atoms with Crippen LogP contribution in [0.4, 0.5) is 22.0 Å². The minimum absolute atomic E-state index is 0.0206. The van der Waals surface area contributed by atoms with Gasteiger partial charge in [-0.1, -0.05) is 0 Å². The molecule has 88 valence electrons. The van der Waals surface area contributed by atoms with E-state index in [4.69, 9.17) is 0 Å². The number of aromatic amines is 1. The fraction of sp³-hybridized carbons (Fsp3) is 0.250. The molecule has 0 aliphatic rings. The number of halogens is 5. The second-order valence-electron chi connectivity index (χ2n) is 2.80. The van der Waals surface area contributed by atoms with Crippen molar-refractivity contribution in [1.82, 2.24) is 4.98 Å². The van der Waals surface area contributed by atoms with Gasteiger partial charge in [0.25, 0.3) is 12.0 Å². The summed E-state index contributed by atoms with van der Waals surface area (Å²) in [5, 5.41) is 0. The first-order chi connectivity index (χ1) is 7.27. The summed E-state index contributed by atoms with van der Waals surface area (Å²) >= 11 is 0. The third-order valence-electron chi connectivity index (χ3n) is 1.76. The molecule has 0 aromatic carbocycles. The summed E-state index contributed by atoms with van der Waals surface area (Å²) in [6, 6.07) is -0.0206. The molecule has 0 saturated carbocycles. The summed E-state index contributed by atoms with van der Waals surface area (Å²) in [6.45, 7) is 0. The van der Waals surface area contributed by atoms with Crippen LogP contribution < -0.4 is 5.56 Å². The average molecular weight is 241 g/mol. The molecule has 0 fully saturated rings. The van der Waals surface area contributed by atoms with Crippen molar-refractivity contribution in [2.24, 2.45) is 0 Å². The van der Waals surface area contributed by atoms with Crippen LogP contribution in [0.25, 0.3) is 0 Å². The topological polar surface area (TPSA) is 49.9 Å². The van der Waals surface area contributed by atoms with Crippen molar-refractivity contribution in [3.8, 4) is 0 Å². The van der Waals surface area contributed by atoms with Gasteiger partial charge in [0.05, 0.1) is 16.8 Å². The van der Waals surface area contributed by atoms with Crippen molar-refractivity contribution in [3.05, 3.63) is 33.2 Å². The SMILES string of the molecule is O=Cc1[nH]c(=O)c(C(F)F)cc1C(F)(F)F. The van der Waals surface area contributed by atoms with E-state index in [1.165, 1.54) is 4.98 Å². The number of carbonyl (C=O) groups excluding carboxylic acids is 1. The van der Waals surface area contributed by atoms with E-state index in [0.717, 1.165) is 0 Å². The molecule has 0 aliphatic carbocycles. The molecule has 0 saturated heterocycles. The quantitative estimate of drug-likeness (QED) is 0.637. The Morgan fingerprint density at radius 3 is 2.25 bits per heavy atom. The van der Waals surface area contributed by atoms with Gasteiger partial charge in [-0.05, 0) is 6.07 Å². The highest BCUT2D eigenvalue weighted by molar-refractivity contribution is 5.74. The molecule has 0 amide bonds. The van der Waals surface area contributed by atoms with Gasteiger partial charge in [0, 0.05) is 0 Å². The molecule has 1 aromatic rings. The smallest absolute Gasteiger partial charge is 0.319 e. The van der Waals surface area contributed by atoms with Crippen LogP contribution in [-0.4, -0.2) is 11.3 Å². The number of carbonyl (C=O) groups is 1. The highest BCUT2D eigenvalue weighted by Gasteiger charge is 2.35. The van der Waals surface area contributed by atoms with Gasteiger partial charge < -0.3 is 4.98 Å². The number of aldehydes is 1. The molecule has 0 aliphatic heterocycles. The maximum Gasteiger partial charge on any atom is 0.418 e. The number of nitrogens with one attached hydrogen (secondary N) is 1. The Bertz CT molecular complexity index is 462. The van der Waals surface area contributed by atoms with Gasteiger partial charge >= 0.3 is 6.18 Å². The van der Waals surface area contributed by atoms with Crippen molar-refractivity contribution in [3.63, 3.8) is 0 Å². The Morgan fingerprint density at radius 2 is 1.88 bits per heavy atom. The van der Waals surface area contributed by atoms with Gasteiger partial charge in [-0.25, -0.2) is 8.78 Å². The Morgan fingerprint density at radius 1 is 1.31 bits per heavy atom. The molecule has 8 heteroatoms. The molecule has 1 rings (SSSR count). The number of hydrogen-bond donors (Lipinski definition) is 1. The van der Waals surface area contributed by atoms with E-state index in [0.29, 0.717) is 0 Å². The Labute approximate surface area is 84.9 Å². The summed E-state index contributed by atoms with van der Waals surface area (Å²) < 4.78 is 61.2. The second kappa shape index (κ2) is 4.03. The van der Waals surface area contributed by atoms with Crippen LogP contribution in [0.5, 0.6) is 0 Å². The monoisotopic (exact) mass is 241 g/mol. The van der Waals surface area contributed by atoms with Gasteiger partial charge in [-0.3, -0.25) is 9.59 Å². The number of H-pyrrole nitrogens is 1. The molecular weight excluding hydrogens is 237 g/mol. The zero-order chi connectivity index (χ0) is 12.5. The van der Waals surface area contributed by atoms with Crippen LogP contribution in [0.2, 0.25) is 0 Å². The number of hydrogen-bond acceptors (Lipinski definition) is 2. The zero-order valence-electron chi connectivity index (χ0n) is 7.44. The molecule has 1 aromatic heterocycles. The van der Waals surface area contributed by atoms with Crippen molar-refractivity contribution in [1.29, 1.82) is 0 Å². The van der Waals surface area contributed by atoms with Crippen molar-refractivity contribution < 1.29 is 26.7 Å². The van der Waals surface area contributed by atoms with E-state index < -0.39 is 35.0 Å². The van der Waals surface area contributed by atoms with Crippen LogP contribution in [0.1, 0.15) is 28.0 Å². The molecule has 1 N–H and O–H groups in total. The van der Waals surface area contributed by atoms with Gasteiger partial charge in [0.2, 0.25) is 0 Å². The number of alkyl halides is 5. The average Bonchev–Trinajstić information content (AvgIpc) is 2.14. The first-order valence-corrected chi connectivity index (χ1v) is 3.85. The molecule has 0 bridgehead atoms. The first-order valence-electron chi connectivity index (χ1n) is 3.85. The predicted molar refractivity (Wildman–Crippen MR) is 42.4 cm³/mol. The maximum absolute atomic E-state index is 12.3. The minimum atomic E-state index is -4.98. The number of pyridine rings is 1. The minimum Gasteiger partial charge on any atom is -0.319 e. The predicted octanol–water partition coefficient (Wildman–Crippen LogP) is 2.14. The lowest BCUT2D eigenvalue weighted by atomic mass is 10.1. The molecule has 3 nitrogen and oxygen atoms in total. The summed E-state index contributed by atoms with van der Waals surface area (Å²) in [4.78, 5) is 22.6. The molecule has 0 spiro atoms. The van der Waals surface area contributed by atoms with Crippen LogP contribution in [0.3, 0.4) is 0 Å². The Balaban J connectivity index is 3.53. The molecule has 0 unspecified atom stereocenters. The van der Waals surface area contributed by atoms with E-state index in [1.807, 2.05) is 0 Å². The number of aromatic nitrogens is 1. The van der Waals surface area contributed by atoms with E-state index in [9.17, 15) is 31.5 Å². The van der Waals surface area contributed by atoms with Gasteiger partial charge in [0.1, 0.15) is 0 Å². The van der Waals surface area contributed by atoms with Crippen molar-refractivity contribution >= 4 is 6.29 Å². The molecule has 0 atom stereocenters. The summed E-state index contributed by atoms with van der Waals surface area (Å²) in [5.74, 6) is 0. The summed E-state index contributed by atoms with van der Waals surface area (Å²) in [7, 11) is 0. The van der Waals surface area contributed by atoms with Gasteiger partial charge in [-0.2, -0.15) is 13.2 Å². The molecular formula is C8H4F5NO2. The van der Waals surface area contributed by atoms with E-state index >= 15 is 0 Å². The van der Waals surface area contributed by atoms with Crippen molar-refractivity contribution in [2.75, 3.05) is 0 Å². The Kier molecular flexibility index (Phi) is 3.11. The highest BCUT2D eigenvalue weighted by Crippen LogP contribution is 2.31. The largest absolute Gasteiger partial charge is 0.418 e. The van der Waals surface area contributed by atoms with Crippen molar-refractivity contribution in [2.45, 2.75) is 12.6 Å². The third kappa shape index (κ3) is 2.26. The van der Waals surface area contributed by atoms with Crippen LogP contribution in [0.15, 0.2) is 10.9 Å². The van der Waals surface area contributed by atoms with Gasteiger partial charge in [0.15, 0.2) is 6.29 Å². The third-order valence-corrected chi connectivity index (χ3v) is 1.76. The molecule has 0 radical (unpaired) electrons. The van der Waals surface area contributed by atoms with E-state index in [2.05, 4.69) is 0 Å². The number of rotatable bonds is 2. The van der Waals surface area contributed by atoms with E-state index in [-0.39, 0.29) is 12.4 Å². The normalized spacial score (nSPS) is 11.9. The molecule has 1 heterocycles. The van der Waals surface area contributed by atoms with Gasteiger partial charge in [-0.15, -0.1) is 0 Å². The van der Waals surface area contributed by atoms with E-state index in [1.54, 1.807) is 0 Å². The highest BCUT2D eigenvalue weighted by atomic mass is 19.4. The lowest BCUT2D eigenvalue weighted by Gasteiger charge is -2.10.